The molecule has 1 saturated carbocycles. The molecule has 0 aromatic rings. The zero-order valence-electron chi connectivity index (χ0n) is 9.17. The molecule has 2 bridgehead atoms. The predicted molar refractivity (Wildman–Crippen MR) is 56.3 cm³/mol. The van der Waals surface area contributed by atoms with Crippen molar-refractivity contribution in [3.05, 3.63) is 12.2 Å². The van der Waals surface area contributed by atoms with Gasteiger partial charge in [-0.15, -0.1) is 0 Å². The Morgan fingerprint density at radius 1 is 1.31 bits per heavy atom. The Labute approximate surface area is 81.4 Å². The molecule has 1 heteroatoms. The van der Waals surface area contributed by atoms with E-state index in [9.17, 15) is 0 Å². The van der Waals surface area contributed by atoms with Crippen molar-refractivity contribution in [2.24, 2.45) is 28.4 Å². The van der Waals surface area contributed by atoms with Crippen molar-refractivity contribution in [1.29, 1.82) is 0 Å². The standard InChI is InChI=1S/C12H21N/c1-11(2,3)12(4)9-6-5-8(7-9)10(12)13/h5-6,8-10H,7,13H2,1-4H3/t8-,9+,10-,12?/m1/s1. The van der Waals surface area contributed by atoms with Gasteiger partial charge in [0.2, 0.25) is 0 Å². The fourth-order valence-electron chi connectivity index (χ4n) is 3.19. The Bertz CT molecular complexity index is 248. The topological polar surface area (TPSA) is 26.0 Å². The molecule has 2 aliphatic carbocycles. The second kappa shape index (κ2) is 2.38. The molecule has 0 aromatic carbocycles. The maximum absolute atomic E-state index is 6.33. The summed E-state index contributed by atoms with van der Waals surface area (Å²) in [6.45, 7) is 9.33. The molecule has 2 rings (SSSR count). The van der Waals surface area contributed by atoms with Crippen molar-refractivity contribution >= 4 is 0 Å². The van der Waals surface area contributed by atoms with Gasteiger partial charge in [-0.1, -0.05) is 39.8 Å². The molecule has 0 radical (unpaired) electrons. The van der Waals surface area contributed by atoms with E-state index < -0.39 is 0 Å². The minimum atomic E-state index is 0.298. The van der Waals surface area contributed by atoms with Crippen LogP contribution in [0.3, 0.4) is 0 Å². The van der Waals surface area contributed by atoms with E-state index in [0.29, 0.717) is 28.7 Å². The second-order valence-corrected chi connectivity index (χ2v) is 5.95. The first-order valence-corrected chi connectivity index (χ1v) is 5.31. The quantitative estimate of drug-likeness (QED) is 0.568. The third-order valence-electron chi connectivity index (χ3n) is 4.66. The van der Waals surface area contributed by atoms with E-state index in [1.807, 2.05) is 0 Å². The van der Waals surface area contributed by atoms with Gasteiger partial charge in [-0.2, -0.15) is 0 Å². The molecule has 0 amide bonds. The lowest BCUT2D eigenvalue weighted by molar-refractivity contribution is 0.0569. The van der Waals surface area contributed by atoms with E-state index in [-0.39, 0.29) is 0 Å². The normalized spacial score (nSPS) is 48.8. The monoisotopic (exact) mass is 179 g/mol. The van der Waals surface area contributed by atoms with Crippen molar-refractivity contribution in [3.8, 4) is 0 Å². The molecule has 1 fully saturated rings. The Morgan fingerprint density at radius 3 is 2.23 bits per heavy atom. The molecule has 2 aliphatic rings. The highest BCUT2D eigenvalue weighted by Gasteiger charge is 2.56. The van der Waals surface area contributed by atoms with E-state index in [0.717, 1.165) is 0 Å². The average Bonchev–Trinajstić information content (AvgIpc) is 2.53. The zero-order chi connectivity index (χ0) is 9.85. The summed E-state index contributed by atoms with van der Waals surface area (Å²) in [6.07, 6.45) is 6.00. The van der Waals surface area contributed by atoms with Gasteiger partial charge in [0.15, 0.2) is 0 Å². The smallest absolute Gasteiger partial charge is 0.0167 e. The number of hydrogen-bond donors (Lipinski definition) is 1. The number of rotatable bonds is 0. The third kappa shape index (κ3) is 0.969. The van der Waals surface area contributed by atoms with Crippen LogP contribution < -0.4 is 5.73 Å². The van der Waals surface area contributed by atoms with Gasteiger partial charge in [-0.3, -0.25) is 0 Å². The van der Waals surface area contributed by atoms with Gasteiger partial charge in [0, 0.05) is 6.04 Å². The molecule has 1 unspecified atom stereocenters. The molecule has 13 heavy (non-hydrogen) atoms. The number of nitrogens with two attached hydrogens (primary N) is 1. The summed E-state index contributed by atoms with van der Waals surface area (Å²) in [6, 6.07) is 0.363. The molecule has 0 aliphatic heterocycles. The van der Waals surface area contributed by atoms with Crippen LogP contribution in [0.1, 0.15) is 34.1 Å². The molecule has 0 aromatic heterocycles. The largest absolute Gasteiger partial charge is 0.327 e. The highest BCUT2D eigenvalue weighted by Crippen LogP contribution is 2.59. The van der Waals surface area contributed by atoms with Crippen molar-refractivity contribution in [3.63, 3.8) is 0 Å². The summed E-state index contributed by atoms with van der Waals surface area (Å²) >= 11 is 0. The summed E-state index contributed by atoms with van der Waals surface area (Å²) in [5.74, 6) is 1.36. The van der Waals surface area contributed by atoms with Crippen LogP contribution in [0.15, 0.2) is 12.2 Å². The highest BCUT2D eigenvalue weighted by molar-refractivity contribution is 5.22. The number of allylic oxidation sites excluding steroid dienone is 1. The van der Waals surface area contributed by atoms with Crippen LogP contribution in [0, 0.1) is 22.7 Å². The first-order valence-electron chi connectivity index (χ1n) is 5.31. The van der Waals surface area contributed by atoms with Crippen LogP contribution >= 0.6 is 0 Å². The first kappa shape index (κ1) is 9.26. The van der Waals surface area contributed by atoms with Crippen molar-refractivity contribution < 1.29 is 0 Å². The van der Waals surface area contributed by atoms with E-state index in [1.165, 1.54) is 6.42 Å². The van der Waals surface area contributed by atoms with Gasteiger partial charge in [-0.25, -0.2) is 0 Å². The third-order valence-corrected chi connectivity index (χ3v) is 4.66. The summed E-state index contributed by atoms with van der Waals surface area (Å²) in [5, 5.41) is 0. The highest BCUT2D eigenvalue weighted by atomic mass is 14.8. The van der Waals surface area contributed by atoms with E-state index in [2.05, 4.69) is 39.8 Å². The van der Waals surface area contributed by atoms with Gasteiger partial charge in [0.25, 0.3) is 0 Å². The summed E-state index contributed by atoms with van der Waals surface area (Å²) in [7, 11) is 0. The van der Waals surface area contributed by atoms with E-state index in [4.69, 9.17) is 5.73 Å². The molecule has 74 valence electrons. The van der Waals surface area contributed by atoms with Crippen LogP contribution in [0.25, 0.3) is 0 Å². The minimum absolute atomic E-state index is 0.298. The van der Waals surface area contributed by atoms with E-state index >= 15 is 0 Å². The maximum Gasteiger partial charge on any atom is 0.0167 e. The molecule has 0 saturated heterocycles. The summed E-state index contributed by atoms with van der Waals surface area (Å²) in [5.41, 5.74) is 6.95. The number of fused-ring (bicyclic) bond motifs is 2. The number of hydrogen-bond acceptors (Lipinski definition) is 1. The summed E-state index contributed by atoms with van der Waals surface area (Å²) < 4.78 is 0. The van der Waals surface area contributed by atoms with Crippen LogP contribution in [-0.2, 0) is 0 Å². The van der Waals surface area contributed by atoms with Crippen LogP contribution in [0.4, 0.5) is 0 Å². The fraction of sp³-hybridized carbons (Fsp3) is 0.833. The lowest BCUT2D eigenvalue weighted by Crippen LogP contribution is -2.50. The van der Waals surface area contributed by atoms with Crippen molar-refractivity contribution in [1.82, 2.24) is 0 Å². The van der Waals surface area contributed by atoms with Crippen LogP contribution in [-0.4, -0.2) is 6.04 Å². The molecule has 1 nitrogen and oxygen atoms in total. The Hall–Kier alpha value is -0.300. The lowest BCUT2D eigenvalue weighted by atomic mass is 9.59. The Morgan fingerprint density at radius 2 is 1.92 bits per heavy atom. The Balaban J connectivity index is 2.39. The van der Waals surface area contributed by atoms with Crippen LogP contribution in [0.2, 0.25) is 0 Å². The average molecular weight is 179 g/mol. The van der Waals surface area contributed by atoms with E-state index in [1.54, 1.807) is 0 Å². The lowest BCUT2D eigenvalue weighted by Gasteiger charge is -2.47. The van der Waals surface area contributed by atoms with Gasteiger partial charge in [0.1, 0.15) is 0 Å². The molecule has 0 spiro atoms. The fourth-order valence-corrected chi connectivity index (χ4v) is 3.19. The van der Waals surface area contributed by atoms with Gasteiger partial charge < -0.3 is 5.73 Å². The first-order chi connectivity index (χ1) is 5.87. The van der Waals surface area contributed by atoms with Gasteiger partial charge in [-0.05, 0) is 29.1 Å². The van der Waals surface area contributed by atoms with Crippen molar-refractivity contribution in [2.75, 3.05) is 0 Å². The minimum Gasteiger partial charge on any atom is -0.327 e. The second-order valence-electron chi connectivity index (χ2n) is 5.95. The Kier molecular flexibility index (Phi) is 1.70. The van der Waals surface area contributed by atoms with Gasteiger partial charge in [0.05, 0.1) is 0 Å². The maximum atomic E-state index is 6.33. The summed E-state index contributed by atoms with van der Waals surface area (Å²) in [4.78, 5) is 0. The zero-order valence-corrected chi connectivity index (χ0v) is 9.17. The predicted octanol–water partition coefficient (Wildman–Crippen LogP) is 2.57. The molecule has 2 N–H and O–H groups in total. The van der Waals surface area contributed by atoms with Crippen LogP contribution in [0.5, 0.6) is 0 Å². The SMILES string of the molecule is CC(C)(C)C1(C)[C@H](N)[C@@H]2C=C[C@H]1C2. The molecular formula is C12H21N. The molecule has 4 atom stereocenters. The molecule has 0 heterocycles. The molecular weight excluding hydrogens is 158 g/mol. The van der Waals surface area contributed by atoms with Gasteiger partial charge >= 0.3 is 0 Å². The van der Waals surface area contributed by atoms with Crippen molar-refractivity contribution in [2.45, 2.75) is 40.2 Å².